The summed E-state index contributed by atoms with van der Waals surface area (Å²) in [6.45, 7) is 8.39. The monoisotopic (exact) mass is 543 g/mol. The van der Waals surface area contributed by atoms with Crippen LogP contribution < -0.4 is 0 Å². The molecule has 2 nitrogen and oxygen atoms in total. The van der Waals surface area contributed by atoms with Gasteiger partial charge < -0.3 is 0 Å². The zero-order valence-corrected chi connectivity index (χ0v) is 27.5. The number of carbonyl (C=O) groups is 1. The van der Waals surface area contributed by atoms with Crippen LogP contribution in [0.5, 0.6) is 0 Å². The Morgan fingerprint density at radius 1 is 0.405 bits per heavy atom. The van der Waals surface area contributed by atoms with E-state index in [1.54, 1.807) is 6.92 Å². The molecule has 0 saturated carbocycles. The SMILES string of the molecule is CCCCCCCCCCCCCCP(CCCCCC)(CCCCCC)(CCCCCC)OC(C)=O. The Kier molecular flexibility index (Phi) is 24.8. The molecule has 0 aromatic carbocycles. The molecule has 0 aromatic rings. The molecular weight excluding hydrogens is 471 g/mol. The van der Waals surface area contributed by atoms with Crippen molar-refractivity contribution in [3.63, 3.8) is 0 Å². The summed E-state index contributed by atoms with van der Waals surface area (Å²) in [5, 5.41) is 0. The first-order valence-corrected chi connectivity index (χ1v) is 20.1. The molecule has 37 heavy (non-hydrogen) atoms. The topological polar surface area (TPSA) is 26.3 Å². The fraction of sp³-hybridized carbons (Fsp3) is 0.971. The summed E-state index contributed by atoms with van der Waals surface area (Å²) in [6, 6.07) is 0. The van der Waals surface area contributed by atoms with Crippen LogP contribution in [-0.2, 0) is 9.32 Å². The van der Waals surface area contributed by atoms with Gasteiger partial charge in [0, 0.05) is 0 Å². The third kappa shape index (κ3) is 19.6. The van der Waals surface area contributed by atoms with Gasteiger partial charge in [-0.3, -0.25) is 0 Å². The summed E-state index contributed by atoms with van der Waals surface area (Å²) in [6.07, 6.45) is 37.0. The van der Waals surface area contributed by atoms with Crippen molar-refractivity contribution in [3.05, 3.63) is 0 Å². The third-order valence-electron chi connectivity index (χ3n) is 8.70. The molecule has 0 N–H and O–H groups in total. The molecule has 0 fully saturated rings. The van der Waals surface area contributed by atoms with Crippen molar-refractivity contribution in [1.29, 1.82) is 0 Å². The van der Waals surface area contributed by atoms with Crippen LogP contribution in [0.15, 0.2) is 0 Å². The van der Waals surface area contributed by atoms with Crippen molar-refractivity contribution in [2.45, 2.75) is 189 Å². The average Bonchev–Trinajstić information content (AvgIpc) is 2.88. The number of rotatable bonds is 29. The standard InChI is InChI=1S/C34H71O2P/c1-6-10-14-18-19-20-21-22-23-24-25-29-33-37(36-34(5)35,30-26-15-11-7-2,31-27-16-12-8-3)32-28-17-13-9-4/h6-33H2,1-5H3. The number of hydrogen-bond acceptors (Lipinski definition) is 2. The summed E-state index contributed by atoms with van der Waals surface area (Å²) < 4.78 is 6.76. The minimum absolute atomic E-state index is 0.0121. The molecule has 0 aliphatic heterocycles. The van der Waals surface area contributed by atoms with E-state index in [-0.39, 0.29) is 5.97 Å². The molecular formula is C34H71O2P. The van der Waals surface area contributed by atoms with E-state index in [1.807, 2.05) is 0 Å². The van der Waals surface area contributed by atoms with Crippen molar-refractivity contribution in [3.8, 4) is 0 Å². The summed E-state index contributed by atoms with van der Waals surface area (Å²) >= 11 is 0. The van der Waals surface area contributed by atoms with Crippen LogP contribution in [0.1, 0.15) is 189 Å². The van der Waals surface area contributed by atoms with E-state index in [0.29, 0.717) is 0 Å². The van der Waals surface area contributed by atoms with Gasteiger partial charge >= 0.3 is 222 Å². The quantitative estimate of drug-likeness (QED) is 0.0694. The molecule has 0 saturated heterocycles. The molecule has 0 spiro atoms. The van der Waals surface area contributed by atoms with Crippen LogP contribution in [0.3, 0.4) is 0 Å². The summed E-state index contributed by atoms with van der Waals surface area (Å²) in [7, 11) is 0. The van der Waals surface area contributed by atoms with Gasteiger partial charge in [0.1, 0.15) is 0 Å². The van der Waals surface area contributed by atoms with E-state index >= 15 is 0 Å². The first-order valence-electron chi connectivity index (χ1n) is 17.2. The molecule has 0 heterocycles. The molecule has 0 bridgehead atoms. The van der Waals surface area contributed by atoms with Gasteiger partial charge in [-0.25, -0.2) is 0 Å². The Hall–Kier alpha value is -0.100. The second-order valence-corrected chi connectivity index (χ2v) is 18.1. The molecule has 0 radical (unpaired) electrons. The van der Waals surface area contributed by atoms with Gasteiger partial charge in [0.25, 0.3) is 0 Å². The van der Waals surface area contributed by atoms with E-state index in [2.05, 4.69) is 27.7 Å². The zero-order valence-electron chi connectivity index (χ0n) is 26.6. The molecule has 0 atom stereocenters. The number of unbranched alkanes of at least 4 members (excludes halogenated alkanes) is 20. The van der Waals surface area contributed by atoms with Crippen molar-refractivity contribution < 1.29 is 9.32 Å². The van der Waals surface area contributed by atoms with Crippen molar-refractivity contribution in [2.24, 2.45) is 0 Å². The maximum absolute atomic E-state index is 12.7. The van der Waals surface area contributed by atoms with Crippen LogP contribution in [0, 0.1) is 0 Å². The van der Waals surface area contributed by atoms with Crippen molar-refractivity contribution in [1.82, 2.24) is 0 Å². The Bertz CT molecular complexity index is 470. The van der Waals surface area contributed by atoms with Crippen LogP contribution in [0.4, 0.5) is 0 Å². The molecule has 0 aliphatic rings. The molecule has 0 rings (SSSR count). The van der Waals surface area contributed by atoms with E-state index in [9.17, 15) is 4.79 Å². The summed E-state index contributed by atoms with van der Waals surface area (Å²) in [5.41, 5.74) is 0. The van der Waals surface area contributed by atoms with Gasteiger partial charge in [0.15, 0.2) is 0 Å². The Balaban J connectivity index is 5.08. The van der Waals surface area contributed by atoms with Gasteiger partial charge in [-0.2, -0.15) is 0 Å². The van der Waals surface area contributed by atoms with Gasteiger partial charge in [-0.05, 0) is 0 Å². The number of carbonyl (C=O) groups excluding carboxylic acids is 1. The van der Waals surface area contributed by atoms with Gasteiger partial charge in [-0.15, -0.1) is 0 Å². The van der Waals surface area contributed by atoms with E-state index < -0.39 is 6.83 Å². The van der Waals surface area contributed by atoms with Gasteiger partial charge in [-0.1, -0.05) is 13.3 Å². The molecule has 0 unspecified atom stereocenters. The Morgan fingerprint density at radius 3 is 0.865 bits per heavy atom. The van der Waals surface area contributed by atoms with Crippen LogP contribution in [0.25, 0.3) is 0 Å². The van der Waals surface area contributed by atoms with Gasteiger partial charge in [0.2, 0.25) is 0 Å². The predicted octanol–water partition coefficient (Wildman–Crippen LogP) is 12.5. The summed E-state index contributed by atoms with van der Waals surface area (Å²) in [4.78, 5) is 12.7. The third-order valence-corrected chi connectivity index (χ3v) is 15.3. The molecule has 224 valence electrons. The second-order valence-electron chi connectivity index (χ2n) is 12.4. The maximum atomic E-state index is 12.7. The first kappa shape index (κ1) is 36.9. The minimum atomic E-state index is -2.51. The van der Waals surface area contributed by atoms with E-state index in [4.69, 9.17) is 4.52 Å². The second kappa shape index (κ2) is 24.9. The fourth-order valence-electron chi connectivity index (χ4n) is 6.39. The van der Waals surface area contributed by atoms with Crippen LogP contribution >= 0.6 is 6.83 Å². The molecule has 0 aliphatic carbocycles. The predicted molar refractivity (Wildman–Crippen MR) is 172 cm³/mol. The van der Waals surface area contributed by atoms with Gasteiger partial charge in [0.05, 0.1) is 0 Å². The molecule has 0 aromatic heterocycles. The average molecular weight is 543 g/mol. The van der Waals surface area contributed by atoms with E-state index in [0.717, 1.165) is 0 Å². The van der Waals surface area contributed by atoms with Crippen molar-refractivity contribution >= 4 is 12.8 Å². The number of hydrogen-bond donors (Lipinski definition) is 0. The molecule has 3 heteroatoms. The summed E-state index contributed by atoms with van der Waals surface area (Å²) in [5.74, 6) is 0.0121. The van der Waals surface area contributed by atoms with Crippen LogP contribution in [0.2, 0.25) is 0 Å². The zero-order chi connectivity index (χ0) is 27.5. The van der Waals surface area contributed by atoms with Crippen molar-refractivity contribution in [2.75, 3.05) is 24.6 Å². The van der Waals surface area contributed by atoms with Crippen LogP contribution in [-0.4, -0.2) is 30.6 Å². The normalized spacial score (nSPS) is 12.9. The first-order chi connectivity index (χ1) is 18.0. The van der Waals surface area contributed by atoms with E-state index in [1.165, 1.54) is 179 Å². The fourth-order valence-corrected chi connectivity index (χ4v) is 12.9. The molecule has 0 amide bonds. The Morgan fingerprint density at radius 2 is 0.622 bits per heavy atom. The Labute approximate surface area is 235 Å².